The summed E-state index contributed by atoms with van der Waals surface area (Å²) < 4.78 is 20.9. The number of carbonyl (C=O) groups is 1. The number of carbonyl (C=O) groups excluding carboxylic acids is 1. The van der Waals surface area contributed by atoms with Crippen molar-refractivity contribution in [3.05, 3.63) is 29.6 Å². The number of likely N-dealkylation sites (N-methyl/N-ethyl adjacent to an activating group) is 1. The number of piperidine rings is 2. The van der Waals surface area contributed by atoms with E-state index in [1.54, 1.807) is 12.1 Å². The summed E-state index contributed by atoms with van der Waals surface area (Å²) in [5, 5.41) is 15.7. The van der Waals surface area contributed by atoms with Gasteiger partial charge in [-0.05, 0) is 56.3 Å². The van der Waals surface area contributed by atoms with E-state index < -0.39 is 6.04 Å². The largest absolute Gasteiger partial charge is 0.373 e. The monoisotopic (exact) mass is 441 g/mol. The van der Waals surface area contributed by atoms with Gasteiger partial charge in [-0.25, -0.2) is 4.39 Å². The topological polar surface area (TPSA) is 80.6 Å². The van der Waals surface area contributed by atoms with Crippen molar-refractivity contribution in [1.29, 1.82) is 5.26 Å². The summed E-state index contributed by atoms with van der Waals surface area (Å²) in [6, 6.07) is 7.23. The third kappa shape index (κ3) is 4.21. The van der Waals surface area contributed by atoms with Crippen LogP contribution in [0, 0.1) is 23.1 Å². The van der Waals surface area contributed by atoms with Gasteiger partial charge in [0.25, 0.3) is 0 Å². The fourth-order valence-corrected chi connectivity index (χ4v) is 5.98. The minimum Gasteiger partial charge on any atom is -0.373 e. The van der Waals surface area contributed by atoms with Gasteiger partial charge in [0.2, 0.25) is 5.91 Å². The Hall–Kier alpha value is -2.21. The first kappa shape index (κ1) is 21.6. The van der Waals surface area contributed by atoms with Gasteiger partial charge in [0.1, 0.15) is 11.9 Å². The Balaban J connectivity index is 1.20. The van der Waals surface area contributed by atoms with E-state index in [1.165, 1.54) is 0 Å². The Morgan fingerprint density at radius 1 is 1.38 bits per heavy atom. The lowest BCUT2D eigenvalue weighted by atomic mass is 9.97. The number of halogens is 1. The molecule has 1 aromatic rings. The molecule has 4 fully saturated rings. The molecule has 3 aliphatic heterocycles. The molecule has 1 aliphatic carbocycles. The molecule has 2 bridgehead atoms. The van der Waals surface area contributed by atoms with Crippen LogP contribution in [0.25, 0.3) is 0 Å². The van der Waals surface area contributed by atoms with Gasteiger partial charge in [0, 0.05) is 43.8 Å². The van der Waals surface area contributed by atoms with Crippen molar-refractivity contribution in [1.82, 2.24) is 15.5 Å². The molecule has 0 radical (unpaired) electrons. The van der Waals surface area contributed by atoms with Gasteiger partial charge in [-0.2, -0.15) is 5.26 Å². The second kappa shape index (κ2) is 8.97. The molecule has 0 spiro atoms. The number of nitrogens with zero attached hydrogens (tertiary/aromatic N) is 3. The summed E-state index contributed by atoms with van der Waals surface area (Å²) >= 11 is 0. The fourth-order valence-electron chi connectivity index (χ4n) is 5.98. The molecule has 4 aliphatic rings. The molecule has 172 valence electrons. The standard InChI is InChI=1S/C24H32FN5O2/c1-29-8-9-32-22-14-30(7-6-21(22)29)19-5-3-15(20(25)12-19)10-18(13-26)28-24(31)23-16-2-4-17(11-16)27-23/h3,5,12,16-18,21-23,27H,2,4,6-11,14H2,1H3,(H,28,31)/t16-,17+,18-,21-,22?,23-/m0/s1. The van der Waals surface area contributed by atoms with Crippen LogP contribution in [0.15, 0.2) is 18.2 Å². The highest BCUT2D eigenvalue weighted by molar-refractivity contribution is 5.83. The van der Waals surface area contributed by atoms with Crippen LogP contribution in [0.5, 0.6) is 0 Å². The summed E-state index contributed by atoms with van der Waals surface area (Å²) in [6.07, 6.45) is 4.50. The highest BCUT2D eigenvalue weighted by Gasteiger charge is 2.43. The summed E-state index contributed by atoms with van der Waals surface area (Å²) in [5.74, 6) is -0.118. The number of amides is 1. The third-order valence-electron chi connectivity index (χ3n) is 7.81. The zero-order valence-corrected chi connectivity index (χ0v) is 18.6. The fraction of sp³-hybridized carbons (Fsp3) is 0.667. The lowest BCUT2D eigenvalue weighted by molar-refractivity contribution is -0.124. The van der Waals surface area contributed by atoms with E-state index in [4.69, 9.17) is 4.74 Å². The van der Waals surface area contributed by atoms with E-state index in [0.717, 1.165) is 57.6 Å². The normalized spacial score (nSPS) is 32.9. The molecule has 1 saturated carbocycles. The van der Waals surface area contributed by atoms with E-state index in [2.05, 4.69) is 33.6 Å². The van der Waals surface area contributed by atoms with Gasteiger partial charge in [-0.3, -0.25) is 9.69 Å². The van der Waals surface area contributed by atoms with Crippen LogP contribution < -0.4 is 15.5 Å². The van der Waals surface area contributed by atoms with Gasteiger partial charge in [0.05, 0.1) is 24.8 Å². The lowest BCUT2D eigenvalue weighted by Gasteiger charge is -2.46. The van der Waals surface area contributed by atoms with E-state index in [-0.39, 0.29) is 30.3 Å². The third-order valence-corrected chi connectivity index (χ3v) is 7.81. The van der Waals surface area contributed by atoms with Crippen LogP contribution in [0.4, 0.5) is 10.1 Å². The Bertz CT molecular complexity index is 905. The van der Waals surface area contributed by atoms with Crippen molar-refractivity contribution in [2.75, 3.05) is 38.2 Å². The SMILES string of the molecule is CN1CCOC2CN(c3ccc(C[C@@H](C#N)NC(=O)[C@H]4N[C@@H]5CC[C@H]4C5)c(F)c3)CC[C@@H]21. The van der Waals surface area contributed by atoms with Crippen LogP contribution in [-0.4, -0.2) is 74.4 Å². The molecule has 2 N–H and O–H groups in total. The quantitative estimate of drug-likeness (QED) is 0.720. The van der Waals surface area contributed by atoms with Crippen LogP contribution in [-0.2, 0) is 16.0 Å². The molecule has 32 heavy (non-hydrogen) atoms. The summed E-state index contributed by atoms with van der Waals surface area (Å²) in [6.45, 7) is 3.30. The minimum absolute atomic E-state index is 0.138. The molecular formula is C24H32FN5O2. The first-order valence-corrected chi connectivity index (χ1v) is 11.8. The number of morpholine rings is 1. The van der Waals surface area contributed by atoms with Crippen LogP contribution in [0.1, 0.15) is 31.2 Å². The lowest BCUT2D eigenvalue weighted by Crippen LogP contribution is -2.58. The van der Waals surface area contributed by atoms with Crippen molar-refractivity contribution in [2.24, 2.45) is 5.92 Å². The molecule has 5 rings (SSSR count). The van der Waals surface area contributed by atoms with E-state index in [1.807, 2.05) is 6.07 Å². The number of anilines is 1. The molecule has 6 atom stereocenters. The number of hydrogen-bond donors (Lipinski definition) is 2. The predicted octanol–water partition coefficient (Wildman–Crippen LogP) is 1.43. The number of rotatable bonds is 5. The molecule has 7 nitrogen and oxygen atoms in total. The maximum atomic E-state index is 15.0. The Labute approximate surface area is 188 Å². The van der Waals surface area contributed by atoms with Crippen LogP contribution in [0.2, 0.25) is 0 Å². The number of hydrogen-bond acceptors (Lipinski definition) is 6. The smallest absolute Gasteiger partial charge is 0.238 e. The molecule has 3 saturated heterocycles. The van der Waals surface area contributed by atoms with Crippen LogP contribution in [0.3, 0.4) is 0 Å². The van der Waals surface area contributed by atoms with Crippen LogP contribution >= 0.6 is 0 Å². The molecule has 8 heteroatoms. The zero-order valence-electron chi connectivity index (χ0n) is 18.6. The summed E-state index contributed by atoms with van der Waals surface area (Å²) in [5.41, 5.74) is 1.29. The average molecular weight is 442 g/mol. The van der Waals surface area contributed by atoms with E-state index in [9.17, 15) is 14.4 Å². The molecule has 0 aromatic heterocycles. The predicted molar refractivity (Wildman–Crippen MR) is 119 cm³/mol. The van der Waals surface area contributed by atoms with Crippen molar-refractivity contribution in [3.63, 3.8) is 0 Å². The van der Waals surface area contributed by atoms with Gasteiger partial charge >= 0.3 is 0 Å². The highest BCUT2D eigenvalue weighted by Crippen LogP contribution is 2.35. The van der Waals surface area contributed by atoms with E-state index >= 15 is 0 Å². The van der Waals surface area contributed by atoms with Crippen molar-refractivity contribution >= 4 is 11.6 Å². The number of benzene rings is 1. The molecule has 1 amide bonds. The first-order chi connectivity index (χ1) is 15.5. The number of fused-ring (bicyclic) bond motifs is 3. The molecule has 1 aromatic carbocycles. The van der Waals surface area contributed by atoms with Gasteiger partial charge < -0.3 is 20.3 Å². The Morgan fingerprint density at radius 3 is 2.97 bits per heavy atom. The van der Waals surface area contributed by atoms with Crippen molar-refractivity contribution in [2.45, 2.75) is 62.4 Å². The molecule has 1 unspecified atom stereocenters. The maximum Gasteiger partial charge on any atom is 0.238 e. The van der Waals surface area contributed by atoms with Gasteiger partial charge in [-0.15, -0.1) is 0 Å². The first-order valence-electron chi connectivity index (χ1n) is 11.8. The van der Waals surface area contributed by atoms with Crippen molar-refractivity contribution in [3.8, 4) is 6.07 Å². The number of nitrogens with one attached hydrogen (secondary N) is 2. The summed E-state index contributed by atoms with van der Waals surface area (Å²) in [4.78, 5) is 17.2. The highest BCUT2D eigenvalue weighted by atomic mass is 19.1. The van der Waals surface area contributed by atoms with Gasteiger partial charge in [-0.1, -0.05) is 6.07 Å². The Morgan fingerprint density at radius 2 is 2.25 bits per heavy atom. The zero-order chi connectivity index (χ0) is 22.2. The second-order valence-corrected chi connectivity index (χ2v) is 9.78. The van der Waals surface area contributed by atoms with E-state index in [0.29, 0.717) is 23.6 Å². The average Bonchev–Trinajstić information content (AvgIpc) is 3.43. The number of ether oxygens (including phenoxy) is 1. The maximum absolute atomic E-state index is 15.0. The summed E-state index contributed by atoms with van der Waals surface area (Å²) in [7, 11) is 2.14. The minimum atomic E-state index is -0.745. The van der Waals surface area contributed by atoms with Crippen molar-refractivity contribution < 1.29 is 13.9 Å². The molecule has 3 heterocycles. The van der Waals surface area contributed by atoms with Gasteiger partial charge in [0.15, 0.2) is 0 Å². The second-order valence-electron chi connectivity index (χ2n) is 9.78. The molecular weight excluding hydrogens is 409 g/mol. The Kier molecular flexibility index (Phi) is 6.06. The number of nitriles is 1.